The molecule has 19 heavy (non-hydrogen) atoms. The number of nitrogens with one attached hydrogen (secondary N) is 1. The van der Waals surface area contributed by atoms with Gasteiger partial charge in [-0.3, -0.25) is 0 Å². The molecule has 0 spiro atoms. The molecule has 0 aromatic heterocycles. The van der Waals surface area contributed by atoms with Crippen molar-refractivity contribution in [2.75, 3.05) is 13.2 Å². The summed E-state index contributed by atoms with van der Waals surface area (Å²) in [4.78, 5) is 4.84. The summed E-state index contributed by atoms with van der Waals surface area (Å²) in [5, 5.41) is 10.2. The van der Waals surface area contributed by atoms with E-state index in [0.717, 1.165) is 4.74 Å². The Morgan fingerprint density at radius 2 is 2.11 bits per heavy atom. The van der Waals surface area contributed by atoms with Crippen LogP contribution in [0.25, 0.3) is 0 Å². The molecule has 0 unspecified atom stereocenters. The number of hydrogen-bond donors (Lipinski definition) is 2. The lowest BCUT2D eigenvalue weighted by Crippen LogP contribution is -2.18. The summed E-state index contributed by atoms with van der Waals surface area (Å²) < 4.78 is 5.98. The van der Waals surface area contributed by atoms with Gasteiger partial charge < -0.3 is 9.94 Å². The molecule has 1 rings (SSSR count). The van der Waals surface area contributed by atoms with Crippen LogP contribution in [0.5, 0.6) is 5.75 Å². The Balaban J connectivity index is 2.94. The first-order valence-corrected chi connectivity index (χ1v) is 6.09. The number of hydroxylamine groups is 1. The molecule has 0 saturated heterocycles. The van der Waals surface area contributed by atoms with Gasteiger partial charge in [-0.1, -0.05) is 29.1 Å². The fraction of sp³-hybridized carbons (Fsp3) is 0.250. The summed E-state index contributed by atoms with van der Waals surface area (Å²) in [7, 11) is 0. The third kappa shape index (κ3) is 4.52. The average molecular weight is 304 g/mol. The van der Waals surface area contributed by atoms with Crippen LogP contribution in [0.1, 0.15) is 6.92 Å². The second-order valence-electron chi connectivity index (χ2n) is 3.26. The van der Waals surface area contributed by atoms with E-state index in [4.69, 9.17) is 39.2 Å². The van der Waals surface area contributed by atoms with Gasteiger partial charge in [0.2, 0.25) is 0 Å². The molecule has 0 aliphatic carbocycles. The molecule has 0 aliphatic rings. The van der Waals surface area contributed by atoms with Gasteiger partial charge in [-0.2, -0.15) is 4.84 Å². The van der Waals surface area contributed by atoms with Crippen LogP contribution in [0, 0.1) is 12.3 Å². The quantitative estimate of drug-likeness (QED) is 0.161. The van der Waals surface area contributed by atoms with E-state index in [-0.39, 0.29) is 22.4 Å². The van der Waals surface area contributed by atoms with Crippen molar-refractivity contribution in [3.8, 4) is 18.1 Å². The predicted molar refractivity (Wildman–Crippen MR) is 73.3 cm³/mol. The summed E-state index contributed by atoms with van der Waals surface area (Å²) in [6.45, 7) is 2.30. The number of rotatable bonds is 6. The average Bonchev–Trinajstić information content (AvgIpc) is 2.38. The lowest BCUT2D eigenvalue weighted by atomic mass is 10.3. The molecular weight excluding hydrogens is 291 g/mol. The molecule has 0 amide bonds. The monoisotopic (exact) mass is 303 g/mol. The van der Waals surface area contributed by atoms with Crippen molar-refractivity contribution < 1.29 is 19.5 Å². The van der Waals surface area contributed by atoms with Crippen molar-refractivity contribution in [3.63, 3.8) is 0 Å². The van der Waals surface area contributed by atoms with Gasteiger partial charge in [-0.25, -0.2) is 0 Å². The zero-order valence-electron chi connectivity index (χ0n) is 10.2. The first-order valence-electron chi connectivity index (χ1n) is 5.34. The maximum absolute atomic E-state index is 9.71. The van der Waals surface area contributed by atoms with Crippen LogP contribution in [0.15, 0.2) is 12.1 Å². The van der Waals surface area contributed by atoms with Crippen molar-refractivity contribution in [2.45, 2.75) is 6.92 Å². The van der Waals surface area contributed by atoms with Gasteiger partial charge in [-0.05, 0) is 11.7 Å². The molecule has 0 aliphatic heterocycles. The molecule has 1 aromatic rings. The molecule has 0 fully saturated rings. The largest absolute Gasteiger partial charge is 0.478 e. The van der Waals surface area contributed by atoms with Gasteiger partial charge in [-0.15, -0.1) is 11.9 Å². The minimum absolute atomic E-state index is 0.0552. The van der Waals surface area contributed by atoms with Crippen LogP contribution in [-0.2, 0) is 4.84 Å². The van der Waals surface area contributed by atoms with E-state index in [1.807, 2.05) is 0 Å². The third-order valence-electron chi connectivity index (χ3n) is 1.95. The maximum atomic E-state index is 9.71. The van der Waals surface area contributed by atoms with Crippen LogP contribution in [0.4, 0.5) is 5.69 Å². The number of halogens is 2. The van der Waals surface area contributed by atoms with Crippen molar-refractivity contribution >= 4 is 35.2 Å². The topological polar surface area (TPSA) is 53.7 Å². The summed E-state index contributed by atoms with van der Waals surface area (Å²) in [6.07, 6.45) is 6.29. The highest BCUT2D eigenvalue weighted by molar-refractivity contribution is 6.37. The summed E-state index contributed by atoms with van der Waals surface area (Å²) in [6, 6.07) is 2.95. The van der Waals surface area contributed by atoms with Gasteiger partial charge >= 0.3 is 6.34 Å². The molecule has 2 N–H and O–H groups in total. The molecule has 7 heteroatoms. The highest BCUT2D eigenvalue weighted by atomic mass is 35.5. The number of terminal acetylenes is 1. The van der Waals surface area contributed by atoms with Gasteiger partial charge in [0.1, 0.15) is 6.61 Å². The molecule has 5 nitrogen and oxygen atoms in total. The van der Waals surface area contributed by atoms with E-state index in [1.165, 1.54) is 18.5 Å². The van der Waals surface area contributed by atoms with Crippen molar-refractivity contribution in [2.24, 2.45) is 0 Å². The zero-order chi connectivity index (χ0) is 14.3. The van der Waals surface area contributed by atoms with E-state index in [0.29, 0.717) is 12.3 Å². The fourth-order valence-corrected chi connectivity index (χ4v) is 1.76. The van der Waals surface area contributed by atoms with E-state index >= 15 is 0 Å². The van der Waals surface area contributed by atoms with Crippen LogP contribution in [-0.4, -0.2) is 29.5 Å². The highest BCUT2D eigenvalue weighted by Crippen LogP contribution is 2.36. The van der Waals surface area contributed by atoms with Gasteiger partial charge in [0.15, 0.2) is 11.4 Å². The van der Waals surface area contributed by atoms with Crippen molar-refractivity contribution in [3.05, 3.63) is 22.2 Å². The number of benzene rings is 1. The van der Waals surface area contributed by atoms with Crippen LogP contribution in [0.2, 0.25) is 10.0 Å². The van der Waals surface area contributed by atoms with E-state index in [9.17, 15) is 5.21 Å². The van der Waals surface area contributed by atoms with Crippen LogP contribution in [0.3, 0.4) is 0 Å². The van der Waals surface area contributed by atoms with E-state index in [1.54, 1.807) is 6.92 Å². The Morgan fingerprint density at radius 3 is 2.63 bits per heavy atom. The number of nitrogens with zero attached hydrogens (tertiary/aromatic N) is 1. The Morgan fingerprint density at radius 1 is 1.47 bits per heavy atom. The summed E-state index contributed by atoms with van der Waals surface area (Å²) in [5.74, 6) is 2.58. The van der Waals surface area contributed by atoms with Crippen molar-refractivity contribution in [1.29, 1.82) is 0 Å². The predicted octanol–water partition coefficient (Wildman–Crippen LogP) is 2.61. The van der Waals surface area contributed by atoms with Gasteiger partial charge in [0.05, 0.1) is 16.7 Å². The second kappa shape index (κ2) is 7.74. The molecule has 102 valence electrons. The standard InChI is InChI=1S/C12H12Cl2N2O3/c1-3-5-18-12-10(13)6-9(7-11(12)14)16(17)8-15-19-4-2/h1,6-8,17H,4-5H2,2H3/p+1. The molecule has 1 aromatic carbocycles. The first-order chi connectivity index (χ1) is 9.10. The maximum Gasteiger partial charge on any atom is 0.307 e. The second-order valence-corrected chi connectivity index (χ2v) is 4.07. The fourth-order valence-electron chi connectivity index (χ4n) is 1.18. The van der Waals surface area contributed by atoms with Crippen LogP contribution < -0.4 is 10.2 Å². The molecule has 0 saturated carbocycles. The smallest absolute Gasteiger partial charge is 0.307 e. The summed E-state index contributed by atoms with van der Waals surface area (Å²) >= 11 is 12.0. The van der Waals surface area contributed by atoms with E-state index < -0.39 is 0 Å². The van der Waals surface area contributed by atoms with Crippen molar-refractivity contribution in [1.82, 2.24) is 5.48 Å². The zero-order valence-corrected chi connectivity index (χ0v) is 11.7. The van der Waals surface area contributed by atoms with Gasteiger partial charge in [0.25, 0.3) is 0 Å². The molecule has 0 radical (unpaired) electrons. The minimum Gasteiger partial charge on any atom is -0.478 e. The molecule has 0 heterocycles. The molecule has 0 atom stereocenters. The Hall–Kier alpha value is -1.61. The number of hydrogen-bond acceptors (Lipinski definition) is 3. The normalized spacial score (nSPS) is 10.9. The summed E-state index contributed by atoms with van der Waals surface area (Å²) in [5.41, 5.74) is 2.77. The Labute approximate surface area is 121 Å². The molecular formula is C12H13Cl2N2O3+. The first kappa shape index (κ1) is 15.4. The number of ether oxygens (including phenoxy) is 1. The SMILES string of the molecule is C#CCOc1c(Cl)cc([N+](O)=CNOCC)cc1Cl. The van der Waals surface area contributed by atoms with Gasteiger partial charge in [0, 0.05) is 12.1 Å². The third-order valence-corrected chi connectivity index (χ3v) is 2.51. The van der Waals surface area contributed by atoms with E-state index in [2.05, 4.69) is 11.4 Å². The lowest BCUT2D eigenvalue weighted by Gasteiger charge is -2.08. The highest BCUT2D eigenvalue weighted by Gasteiger charge is 2.13. The van der Waals surface area contributed by atoms with Crippen LogP contribution >= 0.6 is 23.2 Å². The lowest BCUT2D eigenvalue weighted by molar-refractivity contribution is -0.711. The Kier molecular flexibility index (Phi) is 6.30. The Bertz CT molecular complexity index is 489. The minimum atomic E-state index is 0.0552. The molecule has 0 bridgehead atoms.